The maximum absolute atomic E-state index is 15.0. The SMILES string of the molecule is CC(=O)O[C@@]12COC1[C@@H](O)[C@@H](O)[C@@]1(C)C(=O)[C@H](O)C3=C(C)[C@@H](OC(=O)[C@H](O)[C@@H](NC(=O)OC(C)(C)C)c4ccccc4)C[C@@](O)([C@@H](OC(=O)c4ccccc4)[C@@H]12)C3(C)C. The normalized spacial score (nSPS) is 34.6. The van der Waals surface area contributed by atoms with Gasteiger partial charge in [0.05, 0.1) is 35.6 Å². The van der Waals surface area contributed by atoms with Crippen molar-refractivity contribution in [2.75, 3.05) is 6.61 Å². The Hall–Kier alpha value is -4.71. The highest BCUT2D eigenvalue weighted by molar-refractivity contribution is 5.94. The Morgan fingerprint density at radius 1 is 0.932 bits per heavy atom. The van der Waals surface area contributed by atoms with Crippen LogP contribution in [0.5, 0.6) is 0 Å². The van der Waals surface area contributed by atoms with Crippen molar-refractivity contribution in [3.8, 4) is 0 Å². The summed E-state index contributed by atoms with van der Waals surface area (Å²) in [6.07, 6.45) is -14.5. The first kappa shape index (κ1) is 43.9. The maximum atomic E-state index is 15.0. The van der Waals surface area contributed by atoms with Gasteiger partial charge in [-0.15, -0.1) is 0 Å². The molecule has 59 heavy (non-hydrogen) atoms. The lowest BCUT2D eigenvalue weighted by Crippen LogP contribution is -2.85. The molecule has 0 aromatic heterocycles. The maximum Gasteiger partial charge on any atom is 0.408 e. The van der Waals surface area contributed by atoms with Gasteiger partial charge in [0.1, 0.15) is 41.7 Å². The number of rotatable bonds is 8. The van der Waals surface area contributed by atoms with Gasteiger partial charge in [-0.3, -0.25) is 9.59 Å². The second-order valence-corrected chi connectivity index (χ2v) is 17.7. The molecule has 1 amide bonds. The molecule has 0 radical (unpaired) electrons. The predicted octanol–water partition coefficient (Wildman–Crippen LogP) is 2.23. The topological polar surface area (TPSA) is 245 Å². The van der Waals surface area contributed by atoms with E-state index in [0.717, 1.165) is 6.92 Å². The summed E-state index contributed by atoms with van der Waals surface area (Å²) in [5.74, 6) is -5.91. The van der Waals surface area contributed by atoms with E-state index in [1.54, 1.807) is 69.3 Å². The van der Waals surface area contributed by atoms with Gasteiger partial charge in [-0.25, -0.2) is 14.4 Å². The minimum Gasteiger partial charge on any atom is -0.456 e. The van der Waals surface area contributed by atoms with Crippen LogP contribution >= 0.6 is 0 Å². The molecule has 2 saturated carbocycles. The standard InChI is InChI=1S/C43H53NO15/c1-21-25(56-37(52)29(47)27(23-15-11-9-12-16-23)44-38(53)59-39(3,4)5)19-43(54)35(57-36(51)24-17-13-10-14-18-24)31-41(8,32(49)28(46)26(21)40(43,6)7)33(50)30(48)34-42(31,20-55-34)58-22(2)45/h9-18,25,27-31,33-35,46-48,50,54H,19-20H2,1-8H3,(H,44,53)/t25-,27-,28+,29+,30-,31-,33+,34?,35-,41+,42+,43+/m0/s1. The third kappa shape index (κ3) is 7.23. The Morgan fingerprint density at radius 3 is 2.07 bits per heavy atom. The molecular formula is C43H53NO15. The second-order valence-electron chi connectivity index (χ2n) is 17.7. The molecule has 320 valence electrons. The molecule has 0 spiro atoms. The zero-order valence-electron chi connectivity index (χ0n) is 34.2. The van der Waals surface area contributed by atoms with Gasteiger partial charge in [-0.2, -0.15) is 0 Å². The van der Waals surface area contributed by atoms with Crippen LogP contribution in [0.15, 0.2) is 71.8 Å². The molecule has 2 aromatic carbocycles. The van der Waals surface area contributed by atoms with Crippen molar-refractivity contribution in [2.24, 2.45) is 16.7 Å². The number of carbonyl (C=O) groups is 5. The van der Waals surface area contributed by atoms with Crippen molar-refractivity contribution in [3.63, 3.8) is 0 Å². The first-order valence-corrected chi connectivity index (χ1v) is 19.4. The number of carbonyl (C=O) groups excluding carboxylic acids is 5. The molecule has 12 atom stereocenters. The third-order valence-electron chi connectivity index (χ3n) is 12.6. The smallest absolute Gasteiger partial charge is 0.408 e. The van der Waals surface area contributed by atoms with Crippen molar-refractivity contribution >= 4 is 29.8 Å². The molecule has 2 aromatic rings. The molecule has 6 rings (SSSR count). The fourth-order valence-corrected chi connectivity index (χ4v) is 9.66. The first-order valence-electron chi connectivity index (χ1n) is 19.4. The second kappa shape index (κ2) is 15.4. The summed E-state index contributed by atoms with van der Waals surface area (Å²) in [6, 6.07) is 14.4. The minimum atomic E-state index is -2.45. The summed E-state index contributed by atoms with van der Waals surface area (Å²) in [5.41, 5.74) is -9.09. The van der Waals surface area contributed by atoms with Crippen molar-refractivity contribution in [1.82, 2.24) is 5.32 Å². The Balaban J connectivity index is 1.50. The van der Waals surface area contributed by atoms with E-state index in [0.29, 0.717) is 5.56 Å². The fraction of sp³-hybridized carbons (Fsp3) is 0.558. The zero-order valence-corrected chi connectivity index (χ0v) is 34.2. The number of amides is 1. The molecule has 2 bridgehead atoms. The summed E-state index contributed by atoms with van der Waals surface area (Å²) in [5, 5.41) is 63.0. The first-order chi connectivity index (χ1) is 27.4. The number of hydrogen-bond acceptors (Lipinski definition) is 15. The number of alkyl carbamates (subject to hydrolysis) is 1. The number of Topliss-reactive ketones (excluding diaryl/α,β-unsaturated/α-hetero) is 1. The molecule has 16 nitrogen and oxygen atoms in total. The van der Waals surface area contributed by atoms with Crippen LogP contribution in [-0.2, 0) is 38.1 Å². The summed E-state index contributed by atoms with van der Waals surface area (Å²) >= 11 is 0. The highest BCUT2D eigenvalue weighted by Gasteiger charge is 2.80. The van der Waals surface area contributed by atoms with E-state index in [9.17, 15) is 49.5 Å². The molecule has 1 unspecified atom stereocenters. The Kier molecular flexibility index (Phi) is 11.4. The molecule has 3 fully saturated rings. The van der Waals surface area contributed by atoms with E-state index in [2.05, 4.69) is 5.32 Å². The lowest BCUT2D eigenvalue weighted by molar-refractivity contribution is -0.369. The van der Waals surface area contributed by atoms with Crippen LogP contribution < -0.4 is 5.32 Å². The average molecular weight is 824 g/mol. The number of ether oxygens (including phenoxy) is 5. The summed E-state index contributed by atoms with van der Waals surface area (Å²) < 4.78 is 29.2. The average Bonchev–Trinajstić information content (AvgIpc) is 3.15. The lowest BCUT2D eigenvalue weighted by Gasteiger charge is -2.68. The third-order valence-corrected chi connectivity index (χ3v) is 12.6. The summed E-state index contributed by atoms with van der Waals surface area (Å²) in [6.45, 7) is 11.2. The van der Waals surface area contributed by atoms with Gasteiger partial charge in [-0.05, 0) is 63.5 Å². The summed E-state index contributed by atoms with van der Waals surface area (Å²) in [4.78, 5) is 69.0. The molecule has 16 heteroatoms. The van der Waals surface area contributed by atoms with E-state index >= 15 is 0 Å². The Morgan fingerprint density at radius 2 is 1.53 bits per heavy atom. The molecule has 4 aliphatic rings. The van der Waals surface area contributed by atoms with Crippen LogP contribution in [-0.4, -0.2) is 121 Å². The van der Waals surface area contributed by atoms with Crippen LogP contribution in [0.25, 0.3) is 0 Å². The van der Waals surface area contributed by atoms with Gasteiger partial charge in [0, 0.05) is 18.8 Å². The number of benzene rings is 2. The fourth-order valence-electron chi connectivity index (χ4n) is 9.66. The van der Waals surface area contributed by atoms with E-state index in [4.69, 9.17) is 23.7 Å². The van der Waals surface area contributed by atoms with Crippen molar-refractivity contribution in [2.45, 2.75) is 127 Å². The lowest BCUT2D eigenvalue weighted by atomic mass is 9.44. The van der Waals surface area contributed by atoms with Gasteiger partial charge in [0.15, 0.2) is 17.5 Å². The quantitative estimate of drug-likeness (QED) is 0.127. The van der Waals surface area contributed by atoms with Gasteiger partial charge in [0.2, 0.25) is 0 Å². The van der Waals surface area contributed by atoms with Crippen LogP contribution in [0.3, 0.4) is 0 Å². The molecule has 1 aliphatic heterocycles. The predicted molar refractivity (Wildman–Crippen MR) is 205 cm³/mol. The van der Waals surface area contributed by atoms with Crippen LogP contribution in [0, 0.1) is 16.7 Å². The number of nitrogens with one attached hydrogen (secondary N) is 1. The van der Waals surface area contributed by atoms with Crippen LogP contribution in [0.4, 0.5) is 4.79 Å². The molecule has 1 heterocycles. The van der Waals surface area contributed by atoms with Crippen molar-refractivity contribution < 1.29 is 73.2 Å². The highest BCUT2D eigenvalue weighted by atomic mass is 16.6. The molecular weight excluding hydrogens is 770 g/mol. The highest BCUT2D eigenvalue weighted by Crippen LogP contribution is 2.64. The van der Waals surface area contributed by atoms with Crippen LogP contribution in [0.1, 0.15) is 83.8 Å². The van der Waals surface area contributed by atoms with E-state index < -0.39 is 125 Å². The number of aliphatic hydroxyl groups is 5. The minimum absolute atomic E-state index is 0.0293. The molecule has 3 aliphatic carbocycles. The summed E-state index contributed by atoms with van der Waals surface area (Å²) in [7, 11) is 0. The van der Waals surface area contributed by atoms with Gasteiger partial charge < -0.3 is 54.5 Å². The number of ketones is 1. The van der Waals surface area contributed by atoms with Crippen molar-refractivity contribution in [3.05, 3.63) is 82.9 Å². The van der Waals surface area contributed by atoms with E-state index in [1.807, 2.05) is 0 Å². The number of fused-ring (bicyclic) bond motifs is 5. The van der Waals surface area contributed by atoms with Gasteiger partial charge in [0.25, 0.3) is 0 Å². The van der Waals surface area contributed by atoms with E-state index in [1.165, 1.54) is 39.8 Å². The van der Waals surface area contributed by atoms with Gasteiger partial charge in [-0.1, -0.05) is 62.4 Å². The zero-order chi connectivity index (χ0) is 43.6. The van der Waals surface area contributed by atoms with E-state index in [-0.39, 0.29) is 16.7 Å². The Bertz CT molecular complexity index is 2010. The molecule has 6 N–H and O–H groups in total. The number of aliphatic hydroxyl groups excluding tert-OH is 4. The van der Waals surface area contributed by atoms with Crippen LogP contribution in [0.2, 0.25) is 0 Å². The largest absolute Gasteiger partial charge is 0.456 e. The Labute approximate surface area is 341 Å². The molecule has 1 saturated heterocycles. The number of esters is 3. The monoisotopic (exact) mass is 823 g/mol. The van der Waals surface area contributed by atoms with Gasteiger partial charge >= 0.3 is 24.0 Å². The van der Waals surface area contributed by atoms with Crippen molar-refractivity contribution in [1.29, 1.82) is 0 Å². The number of hydrogen-bond donors (Lipinski definition) is 6.